The molecule has 0 aliphatic heterocycles. The predicted octanol–water partition coefficient (Wildman–Crippen LogP) is 3.39. The number of fused-ring (bicyclic) bond motifs is 1. The van der Waals surface area contributed by atoms with Crippen LogP contribution in [0.1, 0.15) is 12.5 Å². The molecule has 1 aromatic carbocycles. The van der Waals surface area contributed by atoms with Crippen molar-refractivity contribution in [3.8, 4) is 11.3 Å². The first-order chi connectivity index (χ1) is 9.70. The summed E-state index contributed by atoms with van der Waals surface area (Å²) < 4.78 is 2.17. The van der Waals surface area contributed by atoms with Crippen LogP contribution >= 0.6 is 0 Å². The molecule has 2 aromatic heterocycles. The molecule has 3 nitrogen and oxygen atoms in total. The van der Waals surface area contributed by atoms with Crippen molar-refractivity contribution in [1.82, 2.24) is 9.55 Å². The highest BCUT2D eigenvalue weighted by Crippen LogP contribution is 2.22. The quantitative estimate of drug-likeness (QED) is 0.711. The Bertz CT molecular complexity index is 820. The molecule has 0 aliphatic rings. The zero-order valence-corrected chi connectivity index (χ0v) is 11.6. The molecule has 0 unspecified atom stereocenters. The first-order valence-corrected chi connectivity index (χ1v) is 6.75. The zero-order valence-electron chi connectivity index (χ0n) is 11.6. The van der Waals surface area contributed by atoms with Gasteiger partial charge in [-0.3, -0.25) is 9.78 Å². The SMILES string of the molecule is CCn1c(-c2cccnc2)cc(=O)c2ccc(C)cc21. The number of pyridine rings is 2. The van der Waals surface area contributed by atoms with Gasteiger partial charge in [-0.15, -0.1) is 0 Å². The van der Waals surface area contributed by atoms with Crippen molar-refractivity contribution in [3.63, 3.8) is 0 Å². The second-order valence-electron chi connectivity index (χ2n) is 4.90. The smallest absolute Gasteiger partial charge is 0.190 e. The maximum absolute atomic E-state index is 12.3. The fraction of sp³-hybridized carbons (Fsp3) is 0.176. The van der Waals surface area contributed by atoms with Gasteiger partial charge in [0.05, 0.1) is 11.2 Å². The van der Waals surface area contributed by atoms with Crippen LogP contribution < -0.4 is 5.43 Å². The van der Waals surface area contributed by atoms with Gasteiger partial charge >= 0.3 is 0 Å². The first-order valence-electron chi connectivity index (χ1n) is 6.75. The summed E-state index contributed by atoms with van der Waals surface area (Å²) in [5, 5.41) is 0.769. The number of hydrogen-bond donors (Lipinski definition) is 0. The van der Waals surface area contributed by atoms with Crippen molar-refractivity contribution < 1.29 is 0 Å². The summed E-state index contributed by atoms with van der Waals surface area (Å²) in [7, 11) is 0. The fourth-order valence-corrected chi connectivity index (χ4v) is 2.58. The average Bonchev–Trinajstić information content (AvgIpc) is 2.47. The van der Waals surface area contributed by atoms with Gasteiger partial charge in [0.15, 0.2) is 5.43 Å². The van der Waals surface area contributed by atoms with Crippen molar-refractivity contribution in [2.24, 2.45) is 0 Å². The van der Waals surface area contributed by atoms with E-state index in [-0.39, 0.29) is 5.43 Å². The van der Waals surface area contributed by atoms with E-state index in [4.69, 9.17) is 0 Å². The molecule has 0 spiro atoms. The van der Waals surface area contributed by atoms with Gasteiger partial charge in [-0.1, -0.05) is 6.07 Å². The van der Waals surface area contributed by atoms with Gasteiger partial charge < -0.3 is 4.57 Å². The molecule has 0 atom stereocenters. The molecule has 100 valence electrons. The van der Waals surface area contributed by atoms with Crippen LogP contribution in [0.15, 0.2) is 53.6 Å². The molecule has 3 rings (SSSR count). The van der Waals surface area contributed by atoms with E-state index in [1.54, 1.807) is 18.5 Å². The molecule has 0 radical (unpaired) electrons. The van der Waals surface area contributed by atoms with Crippen LogP contribution in [0.4, 0.5) is 0 Å². The molecule has 0 saturated heterocycles. The summed E-state index contributed by atoms with van der Waals surface area (Å²) in [6, 6.07) is 11.5. The normalized spacial score (nSPS) is 10.9. The number of nitrogens with zero attached hydrogens (tertiary/aromatic N) is 2. The number of aryl methyl sites for hydroxylation is 2. The minimum atomic E-state index is 0.0588. The Morgan fingerprint density at radius 1 is 1.20 bits per heavy atom. The molecule has 0 saturated carbocycles. The van der Waals surface area contributed by atoms with Crippen LogP contribution in [0.25, 0.3) is 22.2 Å². The highest BCUT2D eigenvalue weighted by Gasteiger charge is 2.09. The van der Waals surface area contributed by atoms with Crippen molar-refractivity contribution in [1.29, 1.82) is 0 Å². The largest absolute Gasteiger partial charge is 0.341 e. The van der Waals surface area contributed by atoms with Crippen LogP contribution in [0, 0.1) is 6.92 Å². The maximum atomic E-state index is 12.3. The van der Waals surface area contributed by atoms with Crippen LogP contribution in [0.3, 0.4) is 0 Å². The topological polar surface area (TPSA) is 34.9 Å². The molecule has 0 aliphatic carbocycles. The number of benzene rings is 1. The average molecular weight is 264 g/mol. The van der Waals surface area contributed by atoms with E-state index < -0.39 is 0 Å². The van der Waals surface area contributed by atoms with Crippen LogP contribution in [0.5, 0.6) is 0 Å². The molecule has 0 fully saturated rings. The summed E-state index contributed by atoms with van der Waals surface area (Å²) in [5.74, 6) is 0. The van der Waals surface area contributed by atoms with Gasteiger partial charge in [0, 0.05) is 36.0 Å². The fourth-order valence-electron chi connectivity index (χ4n) is 2.58. The third-order valence-electron chi connectivity index (χ3n) is 3.54. The van der Waals surface area contributed by atoms with E-state index in [1.807, 2.05) is 31.2 Å². The molecule has 2 heterocycles. The standard InChI is InChI=1S/C17H16N2O/c1-3-19-15(13-5-4-8-18-11-13)10-17(20)14-7-6-12(2)9-16(14)19/h4-11H,3H2,1-2H3. The maximum Gasteiger partial charge on any atom is 0.190 e. The molecular formula is C17H16N2O. The molecule has 0 amide bonds. The van der Waals surface area contributed by atoms with E-state index in [0.29, 0.717) is 0 Å². The summed E-state index contributed by atoms with van der Waals surface area (Å²) in [6.07, 6.45) is 3.53. The summed E-state index contributed by atoms with van der Waals surface area (Å²) in [4.78, 5) is 16.5. The molecule has 0 N–H and O–H groups in total. The minimum absolute atomic E-state index is 0.0588. The van der Waals surface area contributed by atoms with Crippen molar-refractivity contribution in [2.75, 3.05) is 0 Å². The van der Waals surface area contributed by atoms with Gasteiger partial charge in [0.1, 0.15) is 0 Å². The number of hydrogen-bond acceptors (Lipinski definition) is 2. The van der Waals surface area contributed by atoms with E-state index in [0.717, 1.165) is 34.3 Å². The predicted molar refractivity (Wildman–Crippen MR) is 81.9 cm³/mol. The van der Waals surface area contributed by atoms with Crippen molar-refractivity contribution in [2.45, 2.75) is 20.4 Å². The van der Waals surface area contributed by atoms with Crippen molar-refractivity contribution >= 4 is 10.9 Å². The molecule has 3 aromatic rings. The van der Waals surface area contributed by atoms with Crippen LogP contribution in [-0.4, -0.2) is 9.55 Å². The highest BCUT2D eigenvalue weighted by atomic mass is 16.1. The minimum Gasteiger partial charge on any atom is -0.341 e. The van der Waals surface area contributed by atoms with Crippen molar-refractivity contribution in [3.05, 3.63) is 64.6 Å². The van der Waals surface area contributed by atoms with Gasteiger partial charge in [-0.2, -0.15) is 0 Å². The van der Waals surface area contributed by atoms with Crippen LogP contribution in [-0.2, 0) is 6.54 Å². The Kier molecular flexibility index (Phi) is 3.11. The van der Waals surface area contributed by atoms with Gasteiger partial charge in [0.2, 0.25) is 0 Å². The number of aromatic nitrogens is 2. The third-order valence-corrected chi connectivity index (χ3v) is 3.54. The van der Waals surface area contributed by atoms with Crippen LogP contribution in [0.2, 0.25) is 0 Å². The highest BCUT2D eigenvalue weighted by molar-refractivity contribution is 5.83. The second-order valence-corrected chi connectivity index (χ2v) is 4.90. The lowest BCUT2D eigenvalue weighted by atomic mass is 10.1. The van der Waals surface area contributed by atoms with E-state index in [2.05, 4.69) is 22.5 Å². The summed E-state index contributed by atoms with van der Waals surface area (Å²) >= 11 is 0. The van der Waals surface area contributed by atoms with Gasteiger partial charge in [-0.25, -0.2) is 0 Å². The lowest BCUT2D eigenvalue weighted by Gasteiger charge is -2.15. The Morgan fingerprint density at radius 3 is 2.75 bits per heavy atom. The monoisotopic (exact) mass is 264 g/mol. The number of rotatable bonds is 2. The zero-order chi connectivity index (χ0) is 14.1. The Labute approximate surface area is 117 Å². The van der Waals surface area contributed by atoms with E-state index in [9.17, 15) is 4.79 Å². The summed E-state index contributed by atoms with van der Waals surface area (Å²) in [6.45, 7) is 4.94. The van der Waals surface area contributed by atoms with Gasteiger partial charge in [-0.05, 0) is 43.7 Å². The first kappa shape index (κ1) is 12.6. The Hall–Kier alpha value is -2.42. The van der Waals surface area contributed by atoms with Gasteiger partial charge in [0.25, 0.3) is 0 Å². The third kappa shape index (κ3) is 2.01. The lowest BCUT2D eigenvalue weighted by molar-refractivity contribution is 0.795. The second kappa shape index (κ2) is 4.93. The molecule has 3 heteroatoms. The summed E-state index contributed by atoms with van der Waals surface area (Å²) in [5.41, 5.74) is 4.09. The molecule has 20 heavy (non-hydrogen) atoms. The van der Waals surface area contributed by atoms with E-state index in [1.165, 1.54) is 0 Å². The molecular weight excluding hydrogens is 248 g/mol. The molecule has 0 bridgehead atoms. The lowest BCUT2D eigenvalue weighted by Crippen LogP contribution is -2.11. The Morgan fingerprint density at radius 2 is 2.05 bits per heavy atom. The Balaban J connectivity index is 2.42. The van der Waals surface area contributed by atoms with E-state index >= 15 is 0 Å².